The Labute approximate surface area is 122 Å². The van der Waals surface area contributed by atoms with Crippen molar-refractivity contribution in [3.63, 3.8) is 0 Å². The van der Waals surface area contributed by atoms with Crippen LogP contribution in [0.2, 0.25) is 0 Å². The normalized spacial score (nSPS) is 11.1. The highest BCUT2D eigenvalue weighted by Gasteiger charge is 2.10. The van der Waals surface area contributed by atoms with Gasteiger partial charge in [-0.1, -0.05) is 48.5 Å². The van der Waals surface area contributed by atoms with Crippen molar-refractivity contribution in [2.75, 3.05) is 0 Å². The van der Waals surface area contributed by atoms with Gasteiger partial charge < -0.3 is 10.5 Å². The molecular formula is C17H17NOS. The highest BCUT2D eigenvalue weighted by atomic mass is 32.1. The molecule has 2 N–H and O–H groups in total. The highest BCUT2D eigenvalue weighted by molar-refractivity contribution is 7.19. The first-order valence-electron chi connectivity index (χ1n) is 6.69. The summed E-state index contributed by atoms with van der Waals surface area (Å²) in [6.45, 7) is 1.82. The average Bonchev–Trinajstić information content (AvgIpc) is 2.87. The van der Waals surface area contributed by atoms with Crippen LogP contribution in [0.25, 0.3) is 10.1 Å². The van der Waals surface area contributed by atoms with Gasteiger partial charge >= 0.3 is 0 Å². The van der Waals surface area contributed by atoms with Gasteiger partial charge in [0, 0.05) is 21.7 Å². The van der Waals surface area contributed by atoms with Crippen molar-refractivity contribution in [3.8, 4) is 0 Å². The smallest absolute Gasteiger partial charge is 0.0738 e. The van der Waals surface area contributed by atoms with Crippen molar-refractivity contribution < 1.29 is 4.74 Å². The topological polar surface area (TPSA) is 35.2 Å². The molecule has 0 unspecified atom stereocenters. The molecule has 3 rings (SSSR count). The Morgan fingerprint density at radius 2 is 1.65 bits per heavy atom. The highest BCUT2D eigenvalue weighted by Crippen LogP contribution is 2.31. The number of hydrogen-bond donors (Lipinski definition) is 1. The van der Waals surface area contributed by atoms with Crippen LogP contribution in [0.3, 0.4) is 0 Å². The molecular weight excluding hydrogens is 266 g/mol. The van der Waals surface area contributed by atoms with Crippen LogP contribution in [0, 0.1) is 0 Å². The van der Waals surface area contributed by atoms with Crippen LogP contribution in [-0.4, -0.2) is 0 Å². The molecule has 0 atom stereocenters. The van der Waals surface area contributed by atoms with E-state index in [2.05, 4.69) is 36.4 Å². The third-order valence-corrected chi connectivity index (χ3v) is 4.56. The van der Waals surface area contributed by atoms with Gasteiger partial charge in [0.1, 0.15) is 0 Å². The van der Waals surface area contributed by atoms with Gasteiger partial charge in [0.05, 0.1) is 13.2 Å². The van der Waals surface area contributed by atoms with Crippen molar-refractivity contribution >= 4 is 21.4 Å². The van der Waals surface area contributed by atoms with Gasteiger partial charge in [-0.2, -0.15) is 0 Å². The maximum atomic E-state index is 5.87. The summed E-state index contributed by atoms with van der Waals surface area (Å²) in [7, 11) is 0. The SMILES string of the molecule is NCc1sc2ccccc2c1COCc1ccccc1. The van der Waals surface area contributed by atoms with Gasteiger partial charge in [-0.25, -0.2) is 0 Å². The standard InChI is InChI=1S/C17H17NOS/c18-10-17-15(14-8-4-5-9-16(14)20-17)12-19-11-13-6-2-1-3-7-13/h1-9H,10-12,18H2. The van der Waals surface area contributed by atoms with E-state index in [0.29, 0.717) is 19.8 Å². The zero-order valence-corrected chi connectivity index (χ0v) is 12.0. The number of nitrogens with two attached hydrogens (primary N) is 1. The van der Waals surface area contributed by atoms with E-state index < -0.39 is 0 Å². The van der Waals surface area contributed by atoms with Gasteiger partial charge in [-0.05, 0) is 17.0 Å². The molecule has 1 aromatic heterocycles. The fraction of sp³-hybridized carbons (Fsp3) is 0.176. The molecule has 2 aromatic carbocycles. The fourth-order valence-corrected chi connectivity index (χ4v) is 3.41. The van der Waals surface area contributed by atoms with Crippen LogP contribution in [0.15, 0.2) is 54.6 Å². The lowest BCUT2D eigenvalue weighted by Crippen LogP contribution is -2.00. The lowest BCUT2D eigenvalue weighted by molar-refractivity contribution is 0.108. The predicted molar refractivity (Wildman–Crippen MR) is 84.7 cm³/mol. The molecule has 0 aliphatic rings. The van der Waals surface area contributed by atoms with E-state index in [9.17, 15) is 0 Å². The number of benzene rings is 2. The Balaban J connectivity index is 1.77. The predicted octanol–water partition coefficient (Wildman–Crippen LogP) is 4.08. The van der Waals surface area contributed by atoms with Crippen LogP contribution in [0.1, 0.15) is 16.0 Å². The van der Waals surface area contributed by atoms with Crippen LogP contribution >= 0.6 is 11.3 Å². The van der Waals surface area contributed by atoms with E-state index in [4.69, 9.17) is 10.5 Å². The summed E-state index contributed by atoms with van der Waals surface area (Å²) in [5, 5.41) is 1.27. The van der Waals surface area contributed by atoms with Crippen LogP contribution in [0.4, 0.5) is 0 Å². The molecule has 0 spiro atoms. The molecule has 0 radical (unpaired) electrons. The third kappa shape index (κ3) is 2.75. The second kappa shape index (κ2) is 6.18. The van der Waals surface area contributed by atoms with Crippen molar-refractivity contribution in [3.05, 3.63) is 70.6 Å². The quantitative estimate of drug-likeness (QED) is 0.766. The summed E-state index contributed by atoms with van der Waals surface area (Å²) in [6, 6.07) is 18.7. The van der Waals surface area contributed by atoms with E-state index in [-0.39, 0.29) is 0 Å². The molecule has 0 saturated heterocycles. The van der Waals surface area contributed by atoms with E-state index >= 15 is 0 Å². The average molecular weight is 283 g/mol. The zero-order valence-electron chi connectivity index (χ0n) is 11.2. The maximum absolute atomic E-state index is 5.87. The minimum atomic E-state index is 0.573. The summed E-state index contributed by atoms with van der Waals surface area (Å²) in [5.41, 5.74) is 8.29. The Bertz CT molecular complexity index is 691. The van der Waals surface area contributed by atoms with Crippen molar-refractivity contribution in [2.45, 2.75) is 19.8 Å². The molecule has 0 fully saturated rings. The molecule has 3 heteroatoms. The fourth-order valence-electron chi connectivity index (χ4n) is 2.32. The molecule has 20 heavy (non-hydrogen) atoms. The molecule has 2 nitrogen and oxygen atoms in total. The van der Waals surface area contributed by atoms with Gasteiger partial charge in [0.25, 0.3) is 0 Å². The first-order chi connectivity index (χ1) is 9.88. The first-order valence-corrected chi connectivity index (χ1v) is 7.51. The Morgan fingerprint density at radius 3 is 2.45 bits per heavy atom. The van der Waals surface area contributed by atoms with E-state index in [0.717, 1.165) is 0 Å². The number of thiophene rings is 1. The summed E-state index contributed by atoms with van der Waals surface area (Å²) in [4.78, 5) is 1.22. The zero-order chi connectivity index (χ0) is 13.8. The minimum absolute atomic E-state index is 0.573. The van der Waals surface area contributed by atoms with Gasteiger partial charge in [-0.15, -0.1) is 11.3 Å². The Morgan fingerprint density at radius 1 is 0.900 bits per heavy atom. The van der Waals surface area contributed by atoms with Crippen LogP contribution < -0.4 is 5.73 Å². The van der Waals surface area contributed by atoms with E-state index in [1.807, 2.05) is 18.2 Å². The maximum Gasteiger partial charge on any atom is 0.0738 e. The summed E-state index contributed by atoms with van der Waals surface area (Å²) in [5.74, 6) is 0. The molecule has 0 amide bonds. The number of ether oxygens (including phenoxy) is 1. The van der Waals surface area contributed by atoms with Gasteiger partial charge in [0.2, 0.25) is 0 Å². The molecule has 102 valence electrons. The lowest BCUT2D eigenvalue weighted by Gasteiger charge is -2.06. The summed E-state index contributed by atoms with van der Waals surface area (Å²) >= 11 is 1.77. The molecule has 0 aliphatic carbocycles. The molecule has 1 heterocycles. The molecule has 0 aliphatic heterocycles. The minimum Gasteiger partial charge on any atom is -0.372 e. The van der Waals surface area contributed by atoms with Gasteiger partial charge in [0.15, 0.2) is 0 Å². The Hall–Kier alpha value is -1.68. The third-order valence-electron chi connectivity index (χ3n) is 3.33. The van der Waals surface area contributed by atoms with Crippen LogP contribution in [-0.2, 0) is 24.5 Å². The molecule has 0 bridgehead atoms. The first kappa shape index (κ1) is 13.3. The number of fused-ring (bicyclic) bond motifs is 1. The number of hydrogen-bond acceptors (Lipinski definition) is 3. The second-order valence-corrected chi connectivity index (χ2v) is 5.82. The lowest BCUT2D eigenvalue weighted by atomic mass is 10.1. The molecule has 0 saturated carbocycles. The second-order valence-electron chi connectivity index (χ2n) is 4.68. The number of rotatable bonds is 5. The Kier molecular flexibility index (Phi) is 4.11. The van der Waals surface area contributed by atoms with Crippen molar-refractivity contribution in [2.24, 2.45) is 5.73 Å². The summed E-state index contributed by atoms with van der Waals surface area (Å²) in [6.07, 6.45) is 0. The van der Waals surface area contributed by atoms with E-state index in [1.54, 1.807) is 11.3 Å². The van der Waals surface area contributed by atoms with E-state index in [1.165, 1.54) is 26.1 Å². The summed E-state index contributed by atoms with van der Waals surface area (Å²) < 4.78 is 7.15. The van der Waals surface area contributed by atoms with Crippen molar-refractivity contribution in [1.29, 1.82) is 0 Å². The van der Waals surface area contributed by atoms with Gasteiger partial charge in [-0.3, -0.25) is 0 Å². The van der Waals surface area contributed by atoms with Crippen molar-refractivity contribution in [1.82, 2.24) is 0 Å². The largest absolute Gasteiger partial charge is 0.372 e. The molecule has 3 aromatic rings. The monoisotopic (exact) mass is 283 g/mol. The van der Waals surface area contributed by atoms with Crippen LogP contribution in [0.5, 0.6) is 0 Å².